The first-order valence-corrected chi connectivity index (χ1v) is 9.42. The number of amides is 1. The number of nitrogens with zero attached hydrogens (tertiary/aromatic N) is 1. The van der Waals surface area contributed by atoms with E-state index in [0.29, 0.717) is 28.5 Å². The van der Waals surface area contributed by atoms with Crippen molar-refractivity contribution in [1.29, 1.82) is 0 Å². The molecule has 0 bridgehead atoms. The van der Waals surface area contributed by atoms with Crippen LogP contribution in [0.15, 0.2) is 77.9 Å². The van der Waals surface area contributed by atoms with Gasteiger partial charge in [0, 0.05) is 0 Å². The lowest BCUT2D eigenvalue weighted by Crippen LogP contribution is -2.17. The van der Waals surface area contributed by atoms with E-state index in [4.69, 9.17) is 16.3 Å². The Balaban J connectivity index is 1.56. The van der Waals surface area contributed by atoms with Gasteiger partial charge in [-0.1, -0.05) is 48.0 Å². The second-order valence-electron chi connectivity index (χ2n) is 6.23. The van der Waals surface area contributed by atoms with Gasteiger partial charge < -0.3 is 9.47 Å². The number of rotatable bonds is 7. The van der Waals surface area contributed by atoms with E-state index in [1.54, 1.807) is 42.5 Å². The first kappa shape index (κ1) is 21.1. The van der Waals surface area contributed by atoms with E-state index in [1.807, 2.05) is 30.3 Å². The van der Waals surface area contributed by atoms with Gasteiger partial charge in [-0.05, 0) is 47.5 Å². The highest BCUT2D eigenvalue weighted by Crippen LogP contribution is 2.16. The molecule has 3 rings (SSSR count). The zero-order valence-electron chi connectivity index (χ0n) is 16.2. The second kappa shape index (κ2) is 10.2. The van der Waals surface area contributed by atoms with E-state index < -0.39 is 0 Å². The average Bonchev–Trinajstić information content (AvgIpc) is 2.78. The maximum absolute atomic E-state index is 12.1. The lowest BCUT2D eigenvalue weighted by Gasteiger charge is -2.07. The molecule has 3 aromatic rings. The molecule has 0 saturated carbocycles. The van der Waals surface area contributed by atoms with Crippen molar-refractivity contribution in [3.63, 3.8) is 0 Å². The van der Waals surface area contributed by atoms with Gasteiger partial charge in [-0.2, -0.15) is 5.10 Å². The maximum Gasteiger partial charge on any atom is 0.337 e. The van der Waals surface area contributed by atoms with E-state index in [1.165, 1.54) is 13.3 Å². The van der Waals surface area contributed by atoms with Gasteiger partial charge >= 0.3 is 5.97 Å². The number of ether oxygens (including phenoxy) is 2. The molecule has 0 spiro atoms. The van der Waals surface area contributed by atoms with E-state index in [9.17, 15) is 9.59 Å². The third-order valence-electron chi connectivity index (χ3n) is 4.14. The molecule has 30 heavy (non-hydrogen) atoms. The van der Waals surface area contributed by atoms with Crippen molar-refractivity contribution in [2.75, 3.05) is 7.11 Å². The number of esters is 1. The van der Waals surface area contributed by atoms with Gasteiger partial charge in [-0.15, -0.1) is 0 Å². The van der Waals surface area contributed by atoms with Crippen LogP contribution in [0.3, 0.4) is 0 Å². The molecule has 7 heteroatoms. The number of carbonyl (C=O) groups is 2. The Labute approximate surface area is 179 Å². The highest BCUT2D eigenvalue weighted by atomic mass is 35.5. The van der Waals surface area contributed by atoms with Gasteiger partial charge in [-0.3, -0.25) is 4.79 Å². The zero-order valence-corrected chi connectivity index (χ0v) is 16.9. The lowest BCUT2D eigenvalue weighted by molar-refractivity contribution is 0.0600. The van der Waals surface area contributed by atoms with Crippen LogP contribution in [0.4, 0.5) is 0 Å². The number of hydrogen-bond acceptors (Lipinski definition) is 5. The summed E-state index contributed by atoms with van der Waals surface area (Å²) in [6.45, 7) is 0.339. The van der Waals surface area contributed by atoms with Gasteiger partial charge in [0.1, 0.15) is 12.4 Å². The van der Waals surface area contributed by atoms with Crippen molar-refractivity contribution in [1.82, 2.24) is 5.43 Å². The Hall–Kier alpha value is -3.64. The minimum Gasteiger partial charge on any atom is -0.489 e. The van der Waals surface area contributed by atoms with Gasteiger partial charge in [0.05, 0.1) is 29.5 Å². The van der Waals surface area contributed by atoms with Gasteiger partial charge in [0.2, 0.25) is 0 Å². The van der Waals surface area contributed by atoms with Crippen LogP contribution in [0, 0.1) is 0 Å². The summed E-state index contributed by atoms with van der Waals surface area (Å²) in [4.78, 5) is 23.6. The zero-order chi connectivity index (χ0) is 21.3. The first-order chi connectivity index (χ1) is 14.6. The molecule has 1 amide bonds. The van der Waals surface area contributed by atoms with Crippen LogP contribution < -0.4 is 10.2 Å². The number of carbonyl (C=O) groups excluding carboxylic acids is 2. The molecule has 0 fully saturated rings. The summed E-state index contributed by atoms with van der Waals surface area (Å²) in [7, 11) is 1.35. The molecule has 6 nitrogen and oxygen atoms in total. The Kier molecular flexibility index (Phi) is 7.19. The molecule has 152 valence electrons. The molecular formula is C23H19ClN2O4. The van der Waals surface area contributed by atoms with Crippen molar-refractivity contribution in [3.8, 4) is 5.75 Å². The fourth-order valence-electron chi connectivity index (χ4n) is 2.58. The van der Waals surface area contributed by atoms with Crippen LogP contribution in [0.5, 0.6) is 5.75 Å². The van der Waals surface area contributed by atoms with Crippen LogP contribution in [-0.2, 0) is 11.3 Å². The van der Waals surface area contributed by atoms with E-state index in [2.05, 4.69) is 15.3 Å². The first-order valence-electron chi connectivity index (χ1n) is 9.05. The van der Waals surface area contributed by atoms with E-state index in [0.717, 1.165) is 11.1 Å². The molecule has 3 aromatic carbocycles. The Morgan fingerprint density at radius 2 is 1.80 bits per heavy atom. The van der Waals surface area contributed by atoms with Gasteiger partial charge in [0.25, 0.3) is 5.91 Å². The third kappa shape index (κ3) is 5.68. The molecule has 0 aliphatic heterocycles. The number of hydrogen-bond donors (Lipinski definition) is 1. The predicted octanol–water partition coefficient (Wildman–Crippen LogP) is 4.47. The summed E-state index contributed by atoms with van der Waals surface area (Å²) in [5.41, 5.74) is 4.96. The molecule has 0 unspecified atom stereocenters. The minimum atomic E-state index is -0.389. The van der Waals surface area contributed by atoms with E-state index >= 15 is 0 Å². The molecular weight excluding hydrogens is 404 g/mol. The van der Waals surface area contributed by atoms with Crippen molar-refractivity contribution in [2.24, 2.45) is 5.10 Å². The monoisotopic (exact) mass is 422 g/mol. The average molecular weight is 423 g/mol. The van der Waals surface area contributed by atoms with Gasteiger partial charge in [0.15, 0.2) is 0 Å². The Morgan fingerprint density at radius 3 is 2.53 bits per heavy atom. The van der Waals surface area contributed by atoms with Crippen molar-refractivity contribution in [2.45, 2.75) is 6.61 Å². The van der Waals surface area contributed by atoms with Crippen LogP contribution in [0.25, 0.3) is 0 Å². The smallest absolute Gasteiger partial charge is 0.337 e. The van der Waals surface area contributed by atoms with E-state index in [-0.39, 0.29) is 11.9 Å². The summed E-state index contributed by atoms with van der Waals surface area (Å²) in [5.74, 6) is -0.121. The van der Waals surface area contributed by atoms with Crippen molar-refractivity contribution < 1.29 is 19.1 Å². The molecule has 0 aliphatic rings. The molecule has 0 heterocycles. The minimum absolute atomic E-state index is 0.339. The number of benzene rings is 3. The fourth-order valence-corrected chi connectivity index (χ4v) is 2.80. The Bertz CT molecular complexity index is 1060. The topological polar surface area (TPSA) is 77.0 Å². The summed E-state index contributed by atoms with van der Waals surface area (Å²) in [6.07, 6.45) is 1.52. The SMILES string of the molecule is COC(=O)c1ccc(COc2cccc(C=NNC(=O)c3ccccc3Cl)c2)cc1. The summed E-state index contributed by atoms with van der Waals surface area (Å²) < 4.78 is 10.5. The largest absolute Gasteiger partial charge is 0.489 e. The van der Waals surface area contributed by atoms with Crippen molar-refractivity contribution in [3.05, 3.63) is 100 Å². The second-order valence-corrected chi connectivity index (χ2v) is 6.64. The quantitative estimate of drug-likeness (QED) is 0.346. The maximum atomic E-state index is 12.1. The summed E-state index contributed by atoms with van der Waals surface area (Å²) >= 11 is 6.00. The standard InChI is InChI=1S/C23H19ClN2O4/c1-29-23(28)18-11-9-16(10-12-18)15-30-19-6-4-5-17(13-19)14-25-26-22(27)20-7-2-3-8-21(20)24/h2-14H,15H2,1H3,(H,26,27). The van der Waals surface area contributed by atoms with Crippen LogP contribution in [-0.4, -0.2) is 25.2 Å². The molecule has 0 saturated heterocycles. The van der Waals surface area contributed by atoms with Crippen LogP contribution in [0.2, 0.25) is 5.02 Å². The number of nitrogens with one attached hydrogen (secondary N) is 1. The predicted molar refractivity (Wildman–Crippen MR) is 115 cm³/mol. The highest BCUT2D eigenvalue weighted by molar-refractivity contribution is 6.33. The van der Waals surface area contributed by atoms with Crippen LogP contribution >= 0.6 is 11.6 Å². The molecule has 0 aromatic heterocycles. The number of hydrazone groups is 1. The Morgan fingerprint density at radius 1 is 1.03 bits per heavy atom. The van der Waals surface area contributed by atoms with Crippen molar-refractivity contribution >= 4 is 29.7 Å². The van der Waals surface area contributed by atoms with Crippen LogP contribution in [0.1, 0.15) is 31.8 Å². The molecule has 0 atom stereocenters. The third-order valence-corrected chi connectivity index (χ3v) is 4.47. The number of halogens is 1. The summed E-state index contributed by atoms with van der Waals surface area (Å²) in [5, 5.41) is 4.33. The lowest BCUT2D eigenvalue weighted by atomic mass is 10.1. The highest BCUT2D eigenvalue weighted by Gasteiger charge is 2.08. The summed E-state index contributed by atoms with van der Waals surface area (Å²) in [6, 6.07) is 21.0. The van der Waals surface area contributed by atoms with Gasteiger partial charge in [-0.25, -0.2) is 10.2 Å². The fraction of sp³-hybridized carbons (Fsp3) is 0.0870. The molecule has 0 aliphatic carbocycles. The molecule has 1 N–H and O–H groups in total. The normalized spacial score (nSPS) is 10.6. The number of methoxy groups -OCH3 is 1. The molecule has 0 radical (unpaired) electrons.